The van der Waals surface area contributed by atoms with Gasteiger partial charge in [-0.25, -0.2) is 0 Å². The summed E-state index contributed by atoms with van der Waals surface area (Å²) >= 11 is 0. The zero-order valence-electron chi connectivity index (χ0n) is 8.58. The second kappa shape index (κ2) is 4.64. The number of amides is 1. The summed E-state index contributed by atoms with van der Waals surface area (Å²) in [7, 11) is 1.70. The minimum Gasteiger partial charge on any atom is -0.396 e. The monoisotopic (exact) mass is 196 g/mol. The van der Waals surface area contributed by atoms with E-state index in [1.807, 2.05) is 0 Å². The standard InChI is InChI=1S/C9H16N4O/c1-3-4-5-11-9(14)8-7(10)6-12-13(8)2/h6H,3-5,10H2,1-2H3,(H,11,14). The van der Waals surface area contributed by atoms with Gasteiger partial charge in [0.1, 0.15) is 5.69 Å². The van der Waals surface area contributed by atoms with E-state index in [-0.39, 0.29) is 5.91 Å². The number of hydrogen-bond donors (Lipinski definition) is 2. The fraction of sp³-hybridized carbons (Fsp3) is 0.556. The van der Waals surface area contributed by atoms with Gasteiger partial charge in [0.15, 0.2) is 0 Å². The molecule has 14 heavy (non-hydrogen) atoms. The Kier molecular flexibility index (Phi) is 3.50. The number of aromatic nitrogens is 2. The fourth-order valence-electron chi connectivity index (χ4n) is 1.19. The van der Waals surface area contributed by atoms with Gasteiger partial charge in [0.05, 0.1) is 11.9 Å². The lowest BCUT2D eigenvalue weighted by Gasteiger charge is -2.04. The molecule has 3 N–H and O–H groups in total. The molecular weight excluding hydrogens is 180 g/mol. The van der Waals surface area contributed by atoms with Crippen molar-refractivity contribution in [2.45, 2.75) is 19.8 Å². The van der Waals surface area contributed by atoms with E-state index in [2.05, 4.69) is 17.3 Å². The van der Waals surface area contributed by atoms with Crippen LogP contribution in [0.1, 0.15) is 30.3 Å². The van der Waals surface area contributed by atoms with Crippen molar-refractivity contribution in [3.8, 4) is 0 Å². The second-order valence-electron chi connectivity index (χ2n) is 3.18. The minimum absolute atomic E-state index is 0.157. The molecule has 0 aliphatic rings. The lowest BCUT2D eigenvalue weighted by Crippen LogP contribution is -2.27. The van der Waals surface area contributed by atoms with Crippen molar-refractivity contribution < 1.29 is 4.79 Å². The molecule has 0 saturated carbocycles. The van der Waals surface area contributed by atoms with Crippen LogP contribution in [0.5, 0.6) is 0 Å². The number of hydrogen-bond acceptors (Lipinski definition) is 3. The molecule has 0 atom stereocenters. The highest BCUT2D eigenvalue weighted by Gasteiger charge is 2.13. The van der Waals surface area contributed by atoms with Crippen LogP contribution < -0.4 is 11.1 Å². The third kappa shape index (κ3) is 2.25. The Morgan fingerprint density at radius 1 is 1.71 bits per heavy atom. The number of nitrogens with zero attached hydrogens (tertiary/aromatic N) is 2. The molecule has 0 aliphatic heterocycles. The van der Waals surface area contributed by atoms with Crippen molar-refractivity contribution in [2.75, 3.05) is 12.3 Å². The van der Waals surface area contributed by atoms with Gasteiger partial charge in [-0.05, 0) is 6.42 Å². The molecule has 78 valence electrons. The van der Waals surface area contributed by atoms with Gasteiger partial charge in [-0.3, -0.25) is 9.48 Å². The minimum atomic E-state index is -0.157. The van der Waals surface area contributed by atoms with E-state index < -0.39 is 0 Å². The lowest BCUT2D eigenvalue weighted by molar-refractivity contribution is 0.0944. The molecule has 1 amide bonds. The van der Waals surface area contributed by atoms with Gasteiger partial charge in [0.25, 0.3) is 5.91 Å². The van der Waals surface area contributed by atoms with E-state index in [0.29, 0.717) is 17.9 Å². The van der Waals surface area contributed by atoms with Gasteiger partial charge in [0, 0.05) is 13.6 Å². The highest BCUT2D eigenvalue weighted by molar-refractivity contribution is 5.97. The van der Waals surface area contributed by atoms with Gasteiger partial charge in [-0.1, -0.05) is 13.3 Å². The Morgan fingerprint density at radius 2 is 2.43 bits per heavy atom. The van der Waals surface area contributed by atoms with Crippen LogP contribution in [0, 0.1) is 0 Å². The van der Waals surface area contributed by atoms with Crippen LogP contribution >= 0.6 is 0 Å². The average molecular weight is 196 g/mol. The van der Waals surface area contributed by atoms with Gasteiger partial charge < -0.3 is 11.1 Å². The highest BCUT2D eigenvalue weighted by atomic mass is 16.2. The molecule has 0 bridgehead atoms. The van der Waals surface area contributed by atoms with Crippen molar-refractivity contribution in [3.63, 3.8) is 0 Å². The maximum Gasteiger partial charge on any atom is 0.271 e. The first kappa shape index (κ1) is 10.6. The first-order valence-corrected chi connectivity index (χ1v) is 4.72. The Bertz CT molecular complexity index is 299. The van der Waals surface area contributed by atoms with Gasteiger partial charge >= 0.3 is 0 Å². The molecule has 0 aliphatic carbocycles. The molecule has 0 saturated heterocycles. The Morgan fingerprint density at radius 3 is 2.93 bits per heavy atom. The van der Waals surface area contributed by atoms with E-state index in [4.69, 9.17) is 5.73 Å². The van der Waals surface area contributed by atoms with Crippen molar-refractivity contribution >= 4 is 11.6 Å². The summed E-state index contributed by atoms with van der Waals surface area (Å²) in [6, 6.07) is 0. The molecule has 1 aromatic heterocycles. The molecule has 0 radical (unpaired) electrons. The van der Waals surface area contributed by atoms with Crippen molar-refractivity contribution in [2.24, 2.45) is 7.05 Å². The summed E-state index contributed by atoms with van der Waals surface area (Å²) in [4.78, 5) is 11.6. The summed E-state index contributed by atoms with van der Waals surface area (Å²) in [6.07, 6.45) is 3.51. The van der Waals surface area contributed by atoms with Crippen LogP contribution in [0.2, 0.25) is 0 Å². The van der Waals surface area contributed by atoms with Gasteiger partial charge in [-0.15, -0.1) is 0 Å². The number of unbranched alkanes of at least 4 members (excludes halogenated alkanes) is 1. The molecule has 0 fully saturated rings. The van der Waals surface area contributed by atoms with Crippen LogP contribution in [0.15, 0.2) is 6.20 Å². The quantitative estimate of drug-likeness (QED) is 0.690. The first-order chi connectivity index (χ1) is 6.66. The number of nitrogens with two attached hydrogens (primary N) is 1. The molecule has 5 heteroatoms. The molecule has 0 spiro atoms. The average Bonchev–Trinajstić information content (AvgIpc) is 2.46. The van der Waals surface area contributed by atoms with E-state index >= 15 is 0 Å². The topological polar surface area (TPSA) is 72.9 Å². The SMILES string of the molecule is CCCCNC(=O)c1c(N)cnn1C. The number of nitrogens with one attached hydrogen (secondary N) is 1. The number of aryl methyl sites for hydroxylation is 1. The highest BCUT2D eigenvalue weighted by Crippen LogP contribution is 2.08. The Balaban J connectivity index is 2.60. The van der Waals surface area contributed by atoms with E-state index in [0.717, 1.165) is 12.8 Å². The van der Waals surface area contributed by atoms with Gasteiger partial charge in [0.2, 0.25) is 0 Å². The third-order valence-electron chi connectivity index (χ3n) is 2.00. The number of anilines is 1. The molecule has 1 rings (SSSR count). The number of nitrogen functional groups attached to an aromatic ring is 1. The van der Waals surface area contributed by atoms with Crippen LogP contribution in [0.3, 0.4) is 0 Å². The summed E-state index contributed by atoms with van der Waals surface area (Å²) in [6.45, 7) is 2.75. The Labute approximate surface area is 83.3 Å². The number of rotatable bonds is 4. The number of carbonyl (C=O) groups is 1. The second-order valence-corrected chi connectivity index (χ2v) is 3.18. The summed E-state index contributed by atoms with van der Waals surface area (Å²) in [5.74, 6) is -0.157. The fourth-order valence-corrected chi connectivity index (χ4v) is 1.19. The van der Waals surface area contributed by atoms with Gasteiger partial charge in [-0.2, -0.15) is 5.10 Å². The van der Waals surface area contributed by atoms with Crippen molar-refractivity contribution in [1.82, 2.24) is 15.1 Å². The molecular formula is C9H16N4O. The summed E-state index contributed by atoms with van der Waals surface area (Å²) in [5.41, 5.74) is 6.45. The third-order valence-corrected chi connectivity index (χ3v) is 2.00. The molecule has 1 aromatic rings. The largest absolute Gasteiger partial charge is 0.396 e. The zero-order valence-corrected chi connectivity index (χ0v) is 8.58. The number of carbonyl (C=O) groups excluding carboxylic acids is 1. The van der Waals surface area contributed by atoms with Crippen molar-refractivity contribution in [3.05, 3.63) is 11.9 Å². The zero-order chi connectivity index (χ0) is 10.6. The predicted octanol–water partition coefficient (Wildman–Crippen LogP) is 0.532. The Hall–Kier alpha value is -1.52. The van der Waals surface area contributed by atoms with E-state index in [1.165, 1.54) is 10.9 Å². The lowest BCUT2D eigenvalue weighted by atomic mass is 10.3. The maximum atomic E-state index is 11.6. The van der Waals surface area contributed by atoms with Crippen LogP contribution in [-0.2, 0) is 7.05 Å². The molecule has 0 aromatic carbocycles. The smallest absolute Gasteiger partial charge is 0.271 e. The maximum absolute atomic E-state index is 11.6. The summed E-state index contributed by atoms with van der Waals surface area (Å²) < 4.78 is 1.48. The van der Waals surface area contributed by atoms with Crippen LogP contribution in [-0.4, -0.2) is 22.2 Å². The molecule has 0 unspecified atom stereocenters. The normalized spacial score (nSPS) is 10.1. The summed E-state index contributed by atoms with van der Waals surface area (Å²) in [5, 5.41) is 6.68. The molecule has 5 nitrogen and oxygen atoms in total. The van der Waals surface area contributed by atoms with E-state index in [9.17, 15) is 4.79 Å². The predicted molar refractivity (Wildman–Crippen MR) is 54.9 cm³/mol. The first-order valence-electron chi connectivity index (χ1n) is 4.72. The van der Waals surface area contributed by atoms with Crippen LogP contribution in [0.25, 0.3) is 0 Å². The molecule has 1 heterocycles. The van der Waals surface area contributed by atoms with E-state index in [1.54, 1.807) is 7.05 Å². The van der Waals surface area contributed by atoms with Crippen molar-refractivity contribution in [1.29, 1.82) is 0 Å². The van der Waals surface area contributed by atoms with Crippen LogP contribution in [0.4, 0.5) is 5.69 Å².